The number of amides is 1. The van der Waals surface area contributed by atoms with Gasteiger partial charge in [-0.25, -0.2) is 13.1 Å². The normalized spacial score (nSPS) is 31.8. The van der Waals surface area contributed by atoms with Crippen LogP contribution in [0.15, 0.2) is 29.2 Å². The molecule has 4 aliphatic carbocycles. The Morgan fingerprint density at radius 1 is 1.04 bits per heavy atom. The van der Waals surface area contributed by atoms with E-state index in [1.165, 1.54) is 19.3 Å². The first-order valence-electron chi connectivity index (χ1n) is 10.3. The van der Waals surface area contributed by atoms with Gasteiger partial charge in [0.2, 0.25) is 15.9 Å². The second-order valence-corrected chi connectivity index (χ2v) is 10.6. The van der Waals surface area contributed by atoms with Crippen LogP contribution < -0.4 is 10.0 Å². The van der Waals surface area contributed by atoms with Gasteiger partial charge in [0.25, 0.3) is 0 Å². The molecular weight excluding hydrogens is 360 g/mol. The summed E-state index contributed by atoms with van der Waals surface area (Å²) in [5, 5.41) is 3.18. The fourth-order valence-corrected chi connectivity index (χ4v) is 7.05. The van der Waals surface area contributed by atoms with E-state index in [0.717, 1.165) is 49.0 Å². The fraction of sp³-hybridized carbons (Fsp3) is 0.667. The number of carbonyl (C=O) groups is 1. The molecule has 1 aromatic rings. The molecule has 5 nitrogen and oxygen atoms in total. The number of benzene rings is 1. The van der Waals surface area contributed by atoms with Gasteiger partial charge >= 0.3 is 0 Å². The number of carbonyl (C=O) groups excluding carboxylic acids is 1. The van der Waals surface area contributed by atoms with Crippen LogP contribution in [0.25, 0.3) is 0 Å². The maximum absolute atomic E-state index is 12.9. The zero-order chi connectivity index (χ0) is 19.1. The third-order valence-corrected chi connectivity index (χ3v) is 8.35. The molecule has 4 fully saturated rings. The van der Waals surface area contributed by atoms with E-state index in [1.54, 1.807) is 19.1 Å². The van der Waals surface area contributed by atoms with Crippen molar-refractivity contribution in [3.63, 3.8) is 0 Å². The standard InChI is InChI=1S/C21H30N2O3S/c1-2-23-27(25,26)19-5-3-15(4-6-19)7-8-22-20(24)21-12-16-9-17(13-21)11-18(10-16)14-21/h3-6,16-18,23H,2,7-14H2,1H3,(H,22,24). The number of nitrogens with one attached hydrogen (secondary N) is 2. The average molecular weight is 391 g/mol. The Balaban J connectivity index is 1.32. The van der Waals surface area contributed by atoms with Crippen LogP contribution in [0.5, 0.6) is 0 Å². The molecule has 1 aromatic carbocycles. The van der Waals surface area contributed by atoms with Crippen molar-refractivity contribution in [2.75, 3.05) is 13.1 Å². The molecule has 4 aliphatic rings. The number of hydrogen-bond acceptors (Lipinski definition) is 3. The molecule has 2 N–H and O–H groups in total. The smallest absolute Gasteiger partial charge is 0.240 e. The minimum absolute atomic E-state index is 0.0987. The van der Waals surface area contributed by atoms with E-state index in [-0.39, 0.29) is 16.2 Å². The van der Waals surface area contributed by atoms with Gasteiger partial charge in [0.15, 0.2) is 0 Å². The maximum atomic E-state index is 12.9. The Bertz CT molecular complexity index is 766. The molecule has 0 radical (unpaired) electrons. The minimum atomic E-state index is -3.41. The molecule has 0 spiro atoms. The van der Waals surface area contributed by atoms with E-state index in [4.69, 9.17) is 0 Å². The molecule has 0 aliphatic heterocycles. The van der Waals surface area contributed by atoms with Crippen LogP contribution in [-0.2, 0) is 21.2 Å². The first-order chi connectivity index (χ1) is 12.9. The van der Waals surface area contributed by atoms with Crippen molar-refractivity contribution < 1.29 is 13.2 Å². The summed E-state index contributed by atoms with van der Waals surface area (Å²) < 4.78 is 26.5. The van der Waals surface area contributed by atoms with Crippen molar-refractivity contribution in [1.82, 2.24) is 10.0 Å². The van der Waals surface area contributed by atoms with Gasteiger partial charge < -0.3 is 5.32 Å². The van der Waals surface area contributed by atoms with Gasteiger partial charge in [-0.05, 0) is 80.4 Å². The van der Waals surface area contributed by atoms with Gasteiger partial charge in [0.05, 0.1) is 4.90 Å². The molecule has 4 saturated carbocycles. The monoisotopic (exact) mass is 390 g/mol. The van der Waals surface area contributed by atoms with E-state index < -0.39 is 10.0 Å². The first kappa shape index (κ1) is 18.9. The van der Waals surface area contributed by atoms with Crippen molar-refractivity contribution >= 4 is 15.9 Å². The van der Waals surface area contributed by atoms with E-state index in [0.29, 0.717) is 13.1 Å². The summed E-state index contributed by atoms with van der Waals surface area (Å²) in [6, 6.07) is 6.94. The summed E-state index contributed by atoms with van der Waals surface area (Å²) in [5.74, 6) is 2.57. The Hall–Kier alpha value is -1.40. The van der Waals surface area contributed by atoms with Crippen LogP contribution in [0.2, 0.25) is 0 Å². The predicted molar refractivity (Wildman–Crippen MR) is 105 cm³/mol. The van der Waals surface area contributed by atoms with Crippen LogP contribution in [0.4, 0.5) is 0 Å². The second-order valence-electron chi connectivity index (χ2n) is 8.85. The number of rotatable bonds is 7. The fourth-order valence-electron chi connectivity index (χ4n) is 6.01. The highest BCUT2D eigenvalue weighted by Crippen LogP contribution is 2.60. The second kappa shape index (κ2) is 7.21. The van der Waals surface area contributed by atoms with Crippen molar-refractivity contribution in [1.29, 1.82) is 0 Å². The van der Waals surface area contributed by atoms with E-state index >= 15 is 0 Å². The molecule has 5 rings (SSSR count). The van der Waals surface area contributed by atoms with Crippen molar-refractivity contribution in [2.24, 2.45) is 23.2 Å². The largest absolute Gasteiger partial charge is 0.355 e. The van der Waals surface area contributed by atoms with E-state index in [9.17, 15) is 13.2 Å². The van der Waals surface area contributed by atoms with Crippen LogP contribution in [0.1, 0.15) is 51.0 Å². The lowest BCUT2D eigenvalue weighted by Crippen LogP contribution is -2.53. The highest BCUT2D eigenvalue weighted by molar-refractivity contribution is 7.89. The van der Waals surface area contributed by atoms with Crippen molar-refractivity contribution in [2.45, 2.75) is 56.8 Å². The summed E-state index contributed by atoms with van der Waals surface area (Å²) in [6.07, 6.45) is 8.00. The average Bonchev–Trinajstić information content (AvgIpc) is 2.61. The topological polar surface area (TPSA) is 75.3 Å². The molecule has 0 heterocycles. The summed E-state index contributed by atoms with van der Waals surface area (Å²) >= 11 is 0. The maximum Gasteiger partial charge on any atom is 0.240 e. The lowest BCUT2D eigenvalue weighted by molar-refractivity contribution is -0.146. The van der Waals surface area contributed by atoms with Crippen LogP contribution in [-0.4, -0.2) is 27.4 Å². The molecule has 0 unspecified atom stereocenters. The number of hydrogen-bond donors (Lipinski definition) is 2. The first-order valence-corrected chi connectivity index (χ1v) is 11.8. The zero-order valence-corrected chi connectivity index (χ0v) is 16.9. The van der Waals surface area contributed by atoms with E-state index in [1.807, 2.05) is 12.1 Å². The molecule has 4 bridgehead atoms. The summed E-state index contributed by atoms with van der Waals surface area (Å²) in [5.41, 5.74) is 0.940. The Kier molecular flexibility index (Phi) is 5.06. The Labute approximate surface area is 162 Å². The highest BCUT2D eigenvalue weighted by Gasteiger charge is 2.54. The third kappa shape index (κ3) is 3.79. The van der Waals surface area contributed by atoms with Gasteiger partial charge in [0.1, 0.15) is 0 Å². The quantitative estimate of drug-likeness (QED) is 0.752. The SMILES string of the molecule is CCNS(=O)(=O)c1ccc(CCNC(=O)C23CC4CC(CC(C4)C2)C3)cc1. The van der Waals surface area contributed by atoms with Crippen LogP contribution in [0.3, 0.4) is 0 Å². The lowest BCUT2D eigenvalue weighted by atomic mass is 9.49. The predicted octanol–water partition coefficient (Wildman–Crippen LogP) is 2.86. The number of sulfonamides is 1. The molecule has 0 aromatic heterocycles. The molecule has 0 saturated heterocycles. The molecule has 6 heteroatoms. The van der Waals surface area contributed by atoms with Crippen LogP contribution >= 0.6 is 0 Å². The van der Waals surface area contributed by atoms with Crippen molar-refractivity contribution in [3.05, 3.63) is 29.8 Å². The zero-order valence-electron chi connectivity index (χ0n) is 16.0. The van der Waals surface area contributed by atoms with Crippen LogP contribution in [0, 0.1) is 23.2 Å². The van der Waals surface area contributed by atoms with E-state index in [2.05, 4.69) is 10.0 Å². The Morgan fingerprint density at radius 3 is 2.11 bits per heavy atom. The molecule has 1 amide bonds. The summed E-state index contributed by atoms with van der Waals surface area (Å²) in [6.45, 7) is 2.75. The summed E-state index contributed by atoms with van der Waals surface area (Å²) in [4.78, 5) is 13.2. The molecule has 27 heavy (non-hydrogen) atoms. The van der Waals surface area contributed by atoms with Gasteiger partial charge in [-0.1, -0.05) is 19.1 Å². The Morgan fingerprint density at radius 2 is 1.59 bits per heavy atom. The van der Waals surface area contributed by atoms with Gasteiger partial charge in [-0.2, -0.15) is 0 Å². The van der Waals surface area contributed by atoms with Gasteiger partial charge in [-0.15, -0.1) is 0 Å². The van der Waals surface area contributed by atoms with Gasteiger partial charge in [-0.3, -0.25) is 4.79 Å². The summed E-state index contributed by atoms with van der Waals surface area (Å²) in [7, 11) is -3.41. The minimum Gasteiger partial charge on any atom is -0.355 e. The lowest BCUT2D eigenvalue weighted by Gasteiger charge is -2.55. The van der Waals surface area contributed by atoms with Crippen molar-refractivity contribution in [3.8, 4) is 0 Å². The molecule has 0 atom stereocenters. The molecule has 148 valence electrons. The highest BCUT2D eigenvalue weighted by atomic mass is 32.2. The third-order valence-electron chi connectivity index (χ3n) is 6.79. The molecular formula is C21H30N2O3S. The van der Waals surface area contributed by atoms with Gasteiger partial charge in [0, 0.05) is 18.5 Å².